The number of aliphatic hydroxyl groups excluding tert-OH is 1. The number of ketones is 1. The van der Waals surface area contributed by atoms with Gasteiger partial charge in [-0.05, 0) is 6.08 Å². The molecule has 0 unspecified atom stereocenters. The average molecular weight is 234 g/mol. The lowest BCUT2D eigenvalue weighted by molar-refractivity contribution is -0.132. The van der Waals surface area contributed by atoms with E-state index in [4.69, 9.17) is 5.11 Å². The summed E-state index contributed by atoms with van der Waals surface area (Å²) in [7, 11) is 2.73. The number of carbonyl (C=O) groups excluding carboxylic acids is 1. The maximum Gasteiger partial charge on any atom is 0.338 e. The van der Waals surface area contributed by atoms with E-state index in [2.05, 4.69) is 20.6 Å². The molecule has 0 saturated heterocycles. The number of nitrogens with one attached hydrogen (secondary N) is 1. The molecule has 0 aromatic rings. The first kappa shape index (κ1) is 12.7. The Kier molecular flexibility index (Phi) is 3.81. The molecule has 0 amide bonds. The van der Waals surface area contributed by atoms with Crippen LogP contribution in [-0.2, 0) is 9.59 Å². The molecule has 0 fully saturated rings. The lowest BCUT2D eigenvalue weighted by Gasteiger charge is -2.12. The summed E-state index contributed by atoms with van der Waals surface area (Å²) in [4.78, 5) is 22.7. The average Bonchev–Trinajstić information content (AvgIpc) is 2.27. The molecule has 1 aliphatic rings. The molecule has 8 nitrogen and oxygen atoms in total. The molecule has 0 heterocycles. The molecule has 0 radical (unpaired) electrons. The number of hydrogen-bond acceptors (Lipinski definition) is 7. The zero-order valence-electron chi connectivity index (χ0n) is 9.13. The van der Waals surface area contributed by atoms with Gasteiger partial charge in [0.25, 0.3) is 7.98 Å². The SMILES string of the molecule is BN=NC1=C(C(=O)O)C=C(O)/C(=N\NB)C1=O. The number of rotatable bonds is 3. The van der Waals surface area contributed by atoms with Gasteiger partial charge < -0.3 is 15.5 Å². The lowest BCUT2D eigenvalue weighted by atomic mass is 9.99. The van der Waals surface area contributed by atoms with Crippen molar-refractivity contribution in [2.24, 2.45) is 15.2 Å². The molecular weight excluding hydrogens is 226 g/mol. The van der Waals surface area contributed by atoms with Gasteiger partial charge >= 0.3 is 5.97 Å². The molecule has 3 N–H and O–H groups in total. The highest BCUT2D eigenvalue weighted by Gasteiger charge is 2.31. The molecule has 0 bridgehead atoms. The minimum Gasteiger partial charge on any atom is -0.505 e. The van der Waals surface area contributed by atoms with Crippen LogP contribution < -0.4 is 5.34 Å². The number of nitrogens with zero attached hydrogens (tertiary/aromatic N) is 3. The number of carboxylic acids is 1. The van der Waals surface area contributed by atoms with Gasteiger partial charge in [0.05, 0.1) is 5.57 Å². The molecule has 86 valence electrons. The first-order valence-corrected chi connectivity index (χ1v) is 4.50. The van der Waals surface area contributed by atoms with Crippen molar-refractivity contribution in [2.45, 2.75) is 0 Å². The Hall–Kier alpha value is -2.38. The van der Waals surface area contributed by atoms with Gasteiger partial charge in [0, 0.05) is 0 Å². The van der Waals surface area contributed by atoms with E-state index in [1.807, 2.05) is 0 Å². The summed E-state index contributed by atoms with van der Waals surface area (Å²) >= 11 is 0. The van der Waals surface area contributed by atoms with Crippen LogP contribution in [0.4, 0.5) is 0 Å². The molecule has 0 aliphatic heterocycles. The van der Waals surface area contributed by atoms with Crippen LogP contribution in [0.15, 0.2) is 38.3 Å². The van der Waals surface area contributed by atoms with Crippen LogP contribution in [0, 0.1) is 0 Å². The fraction of sp³-hybridized carbons (Fsp3) is 0. The van der Waals surface area contributed by atoms with E-state index in [0.29, 0.717) is 0 Å². The van der Waals surface area contributed by atoms with Crippen molar-refractivity contribution in [2.75, 3.05) is 0 Å². The van der Waals surface area contributed by atoms with Crippen LogP contribution >= 0.6 is 0 Å². The van der Waals surface area contributed by atoms with Crippen molar-refractivity contribution in [1.82, 2.24) is 5.34 Å². The van der Waals surface area contributed by atoms with E-state index in [1.165, 1.54) is 16.0 Å². The van der Waals surface area contributed by atoms with Crippen molar-refractivity contribution in [3.05, 3.63) is 23.1 Å². The monoisotopic (exact) mass is 234 g/mol. The summed E-state index contributed by atoms with van der Waals surface area (Å²) in [6.07, 6.45) is 0.907. The molecule has 0 saturated carbocycles. The summed E-state index contributed by atoms with van der Waals surface area (Å²) in [6.45, 7) is 0. The summed E-state index contributed by atoms with van der Waals surface area (Å²) in [5.41, 5.74) is -1.10. The van der Waals surface area contributed by atoms with Crippen molar-refractivity contribution in [3.63, 3.8) is 0 Å². The highest BCUT2D eigenvalue weighted by atomic mass is 16.4. The molecule has 0 atom stereocenters. The van der Waals surface area contributed by atoms with Crippen molar-refractivity contribution in [3.8, 4) is 0 Å². The van der Waals surface area contributed by atoms with Gasteiger partial charge in [0.2, 0.25) is 13.8 Å². The number of hydrogen-bond donors (Lipinski definition) is 3. The highest BCUT2D eigenvalue weighted by molar-refractivity contribution is 6.52. The number of allylic oxidation sites excluding steroid dienone is 2. The minimum absolute atomic E-state index is 0.306. The Balaban J connectivity index is 3.42. The predicted octanol–water partition coefficient (Wildman–Crippen LogP) is -2.16. The van der Waals surface area contributed by atoms with Gasteiger partial charge in [-0.25, -0.2) is 4.79 Å². The van der Waals surface area contributed by atoms with E-state index in [1.54, 1.807) is 0 Å². The first-order chi connectivity index (χ1) is 8.02. The summed E-state index contributed by atoms with van der Waals surface area (Å²) in [6, 6.07) is 0. The standard InChI is InChI=1S/C7H8B2N4O4/c8-12-10-4-2(7(16)17)1-3(14)5(6(4)15)11-13-9/h1,13-14H,8-9H2,(H,16,17)/b11-5+,12-10?. The molecule has 1 rings (SSSR count). The van der Waals surface area contributed by atoms with E-state index < -0.39 is 23.1 Å². The van der Waals surface area contributed by atoms with Crippen LogP contribution in [-0.4, -0.2) is 43.6 Å². The van der Waals surface area contributed by atoms with Gasteiger partial charge in [-0.3, -0.25) is 9.82 Å². The van der Waals surface area contributed by atoms with E-state index >= 15 is 0 Å². The fourth-order valence-electron chi connectivity index (χ4n) is 1.21. The third kappa shape index (κ3) is 2.41. The van der Waals surface area contributed by atoms with Crippen LogP contribution in [0.1, 0.15) is 0 Å². The van der Waals surface area contributed by atoms with E-state index in [-0.39, 0.29) is 11.4 Å². The molecule has 10 heteroatoms. The molecular formula is C7H8B2N4O4. The topological polar surface area (TPSA) is 124 Å². The number of aliphatic carboxylic acids is 1. The van der Waals surface area contributed by atoms with Gasteiger partial charge in [-0.1, -0.05) is 0 Å². The Morgan fingerprint density at radius 3 is 2.59 bits per heavy atom. The van der Waals surface area contributed by atoms with Gasteiger partial charge in [0.1, 0.15) is 11.5 Å². The maximum atomic E-state index is 11.8. The summed E-state index contributed by atoms with van der Waals surface area (Å²) in [5, 5.41) is 31.0. The zero-order chi connectivity index (χ0) is 13.0. The molecule has 0 aromatic heterocycles. The molecule has 0 aromatic carbocycles. The third-order valence-electron chi connectivity index (χ3n) is 1.86. The lowest BCUT2D eigenvalue weighted by Crippen LogP contribution is -2.27. The normalized spacial score (nSPS) is 18.7. The van der Waals surface area contributed by atoms with E-state index in [0.717, 1.165) is 6.08 Å². The van der Waals surface area contributed by atoms with Crippen molar-refractivity contribution < 1.29 is 19.8 Å². The second-order valence-corrected chi connectivity index (χ2v) is 2.91. The number of Topliss-reactive ketones (excluding diaryl/α,β-unsaturated/α-hetero) is 1. The fourth-order valence-corrected chi connectivity index (χ4v) is 1.21. The second kappa shape index (κ2) is 5.10. The summed E-state index contributed by atoms with van der Waals surface area (Å²) < 4.78 is 0. The maximum absolute atomic E-state index is 11.8. The number of aliphatic hydroxyl groups is 1. The summed E-state index contributed by atoms with van der Waals surface area (Å²) in [5.74, 6) is -2.71. The largest absolute Gasteiger partial charge is 0.505 e. The van der Waals surface area contributed by atoms with Crippen molar-refractivity contribution >= 4 is 33.4 Å². The second-order valence-electron chi connectivity index (χ2n) is 2.91. The number of carbonyl (C=O) groups is 2. The van der Waals surface area contributed by atoms with Gasteiger partial charge in [0.15, 0.2) is 5.71 Å². The Morgan fingerprint density at radius 1 is 1.47 bits per heavy atom. The van der Waals surface area contributed by atoms with Crippen LogP contribution in [0.2, 0.25) is 0 Å². The molecule has 17 heavy (non-hydrogen) atoms. The van der Waals surface area contributed by atoms with Crippen molar-refractivity contribution in [1.29, 1.82) is 0 Å². The Morgan fingerprint density at radius 2 is 2.12 bits per heavy atom. The molecule has 0 spiro atoms. The van der Waals surface area contributed by atoms with Crippen LogP contribution in [0.3, 0.4) is 0 Å². The number of hydrazone groups is 1. The van der Waals surface area contributed by atoms with Gasteiger partial charge in [-0.15, -0.1) is 0 Å². The zero-order valence-corrected chi connectivity index (χ0v) is 9.13. The Bertz CT molecular complexity index is 494. The Labute approximate surface area is 97.7 Å². The van der Waals surface area contributed by atoms with E-state index in [9.17, 15) is 14.7 Å². The van der Waals surface area contributed by atoms with Gasteiger partial charge in [-0.2, -0.15) is 10.2 Å². The van der Waals surface area contributed by atoms with Crippen LogP contribution in [0.25, 0.3) is 0 Å². The molecule has 1 aliphatic carbocycles. The van der Waals surface area contributed by atoms with Crippen LogP contribution in [0.5, 0.6) is 0 Å². The smallest absolute Gasteiger partial charge is 0.338 e. The number of carboxylic acid groups (broad SMARTS) is 1. The minimum atomic E-state index is -1.38. The third-order valence-corrected chi connectivity index (χ3v) is 1.86. The quantitative estimate of drug-likeness (QED) is 0.222. The highest BCUT2D eigenvalue weighted by Crippen LogP contribution is 2.20. The first-order valence-electron chi connectivity index (χ1n) is 4.50. The predicted molar refractivity (Wildman–Crippen MR) is 62.9 cm³/mol.